The van der Waals surface area contributed by atoms with Crippen LogP contribution in [0.25, 0.3) is 0 Å². The monoisotopic (exact) mass is 301 g/mol. The van der Waals surface area contributed by atoms with Crippen molar-refractivity contribution in [3.05, 3.63) is 33.8 Å². The normalized spacial score (nSPS) is 12.2. The zero-order valence-corrected chi connectivity index (χ0v) is 12.1. The van der Waals surface area contributed by atoms with E-state index in [0.29, 0.717) is 5.56 Å². The van der Waals surface area contributed by atoms with E-state index in [0.717, 1.165) is 15.8 Å². The molecule has 2 nitrogen and oxygen atoms in total. The van der Waals surface area contributed by atoms with Crippen molar-refractivity contribution < 1.29 is 4.79 Å². The van der Waals surface area contributed by atoms with E-state index in [9.17, 15) is 4.79 Å². The Balaban J connectivity index is 2.69. The van der Waals surface area contributed by atoms with Gasteiger partial charge in [0.05, 0.1) is 0 Å². The smallest absolute Gasteiger partial charge is 0.251 e. The number of carbonyl (C=O) groups is 1. The fourth-order valence-electron chi connectivity index (χ4n) is 1.38. The first kappa shape index (κ1) is 13.6. The van der Waals surface area contributed by atoms with Crippen molar-refractivity contribution >= 4 is 33.6 Å². The third-order valence-electron chi connectivity index (χ3n) is 2.21. The number of nitrogens with one attached hydrogen (secondary N) is 1. The number of halogens is 1. The van der Waals surface area contributed by atoms with E-state index in [1.807, 2.05) is 38.3 Å². The standard InChI is InChI=1S/C12H16BrNOS/c1-8-6-10(4-5-11(8)13)12(15)14-9(2)7-16-3/h4-6,9H,7H2,1-3H3,(H,14,15). The second-order valence-corrected chi connectivity index (χ2v) is 5.56. The van der Waals surface area contributed by atoms with Crippen LogP contribution in [0, 0.1) is 6.92 Å². The lowest BCUT2D eigenvalue weighted by Crippen LogP contribution is -2.34. The summed E-state index contributed by atoms with van der Waals surface area (Å²) in [5, 5.41) is 2.97. The molecule has 0 radical (unpaired) electrons. The van der Waals surface area contributed by atoms with Crippen LogP contribution in [-0.4, -0.2) is 24.0 Å². The van der Waals surface area contributed by atoms with E-state index >= 15 is 0 Å². The van der Waals surface area contributed by atoms with Crippen LogP contribution in [0.3, 0.4) is 0 Å². The Morgan fingerprint density at radius 1 is 1.56 bits per heavy atom. The number of aryl methyl sites for hydroxylation is 1. The predicted molar refractivity (Wildman–Crippen MR) is 74.2 cm³/mol. The number of amides is 1. The van der Waals surface area contributed by atoms with Gasteiger partial charge in [-0.15, -0.1) is 0 Å². The van der Waals surface area contributed by atoms with Crippen LogP contribution < -0.4 is 5.32 Å². The summed E-state index contributed by atoms with van der Waals surface area (Å²) >= 11 is 5.15. The maximum Gasteiger partial charge on any atom is 0.251 e. The molecule has 0 aliphatic carbocycles. The van der Waals surface area contributed by atoms with Crippen molar-refractivity contribution in [2.45, 2.75) is 19.9 Å². The van der Waals surface area contributed by atoms with Gasteiger partial charge >= 0.3 is 0 Å². The van der Waals surface area contributed by atoms with Crippen molar-refractivity contribution in [2.24, 2.45) is 0 Å². The molecule has 0 bridgehead atoms. The maximum absolute atomic E-state index is 11.9. The van der Waals surface area contributed by atoms with Crippen molar-refractivity contribution in [3.8, 4) is 0 Å². The number of thioether (sulfide) groups is 1. The molecule has 0 heterocycles. The SMILES string of the molecule is CSCC(C)NC(=O)c1ccc(Br)c(C)c1. The zero-order chi connectivity index (χ0) is 12.1. The minimum Gasteiger partial charge on any atom is -0.349 e. The molecule has 1 amide bonds. The highest BCUT2D eigenvalue weighted by atomic mass is 79.9. The Bertz CT molecular complexity index is 381. The van der Waals surface area contributed by atoms with Crippen LogP contribution in [-0.2, 0) is 0 Å². The van der Waals surface area contributed by atoms with Crippen LogP contribution in [0.2, 0.25) is 0 Å². The van der Waals surface area contributed by atoms with E-state index in [1.165, 1.54) is 0 Å². The Kier molecular flexibility index (Phi) is 5.35. The van der Waals surface area contributed by atoms with E-state index in [-0.39, 0.29) is 11.9 Å². The lowest BCUT2D eigenvalue weighted by atomic mass is 10.1. The van der Waals surface area contributed by atoms with Gasteiger partial charge in [-0.1, -0.05) is 15.9 Å². The molecular weight excluding hydrogens is 286 g/mol. The third-order valence-corrected chi connectivity index (χ3v) is 3.94. The van der Waals surface area contributed by atoms with Gasteiger partial charge in [-0.25, -0.2) is 0 Å². The average Bonchev–Trinajstić information content (AvgIpc) is 2.22. The Labute approximate surface area is 109 Å². The summed E-state index contributed by atoms with van der Waals surface area (Å²) in [7, 11) is 0. The van der Waals surface area contributed by atoms with Crippen LogP contribution in [0.5, 0.6) is 0 Å². The molecule has 1 rings (SSSR count). The first-order valence-electron chi connectivity index (χ1n) is 5.10. The number of hydrogen-bond acceptors (Lipinski definition) is 2. The molecule has 1 aromatic rings. The van der Waals surface area contributed by atoms with Crippen LogP contribution in [0.1, 0.15) is 22.8 Å². The van der Waals surface area contributed by atoms with Crippen molar-refractivity contribution in [1.29, 1.82) is 0 Å². The first-order chi connectivity index (χ1) is 7.54. The molecule has 0 spiro atoms. The van der Waals surface area contributed by atoms with Crippen molar-refractivity contribution in [1.82, 2.24) is 5.32 Å². The van der Waals surface area contributed by atoms with Gasteiger partial charge in [0.1, 0.15) is 0 Å². The van der Waals surface area contributed by atoms with Crippen LogP contribution in [0.15, 0.2) is 22.7 Å². The largest absolute Gasteiger partial charge is 0.349 e. The maximum atomic E-state index is 11.9. The molecule has 0 fully saturated rings. The topological polar surface area (TPSA) is 29.1 Å². The van der Waals surface area contributed by atoms with Gasteiger partial charge in [-0.05, 0) is 43.9 Å². The molecule has 16 heavy (non-hydrogen) atoms. The van der Waals surface area contributed by atoms with Crippen LogP contribution in [0.4, 0.5) is 0 Å². The van der Waals surface area contributed by atoms with E-state index < -0.39 is 0 Å². The van der Waals surface area contributed by atoms with Crippen LogP contribution >= 0.6 is 27.7 Å². The lowest BCUT2D eigenvalue weighted by molar-refractivity contribution is 0.0943. The summed E-state index contributed by atoms with van der Waals surface area (Å²) in [4.78, 5) is 11.9. The minimum atomic E-state index is -0.00264. The number of carbonyl (C=O) groups excluding carboxylic acids is 1. The summed E-state index contributed by atoms with van der Waals surface area (Å²) in [5.41, 5.74) is 1.79. The highest BCUT2D eigenvalue weighted by Gasteiger charge is 2.09. The van der Waals surface area contributed by atoms with E-state index in [1.54, 1.807) is 11.8 Å². The molecule has 0 saturated carbocycles. The fraction of sp³-hybridized carbons (Fsp3) is 0.417. The fourth-order valence-corrected chi connectivity index (χ4v) is 2.21. The number of benzene rings is 1. The quantitative estimate of drug-likeness (QED) is 0.925. The molecular formula is C12H16BrNOS. The third kappa shape index (κ3) is 3.83. The predicted octanol–water partition coefficient (Wildman–Crippen LogP) is 3.24. The molecule has 1 unspecified atom stereocenters. The summed E-state index contributed by atoms with van der Waals surface area (Å²) in [6.45, 7) is 3.99. The molecule has 0 aliphatic rings. The van der Waals surface area contributed by atoms with Crippen molar-refractivity contribution in [2.75, 3.05) is 12.0 Å². The van der Waals surface area contributed by atoms with Gasteiger partial charge in [-0.2, -0.15) is 11.8 Å². The number of rotatable bonds is 4. The Hall–Kier alpha value is -0.480. The second-order valence-electron chi connectivity index (χ2n) is 3.79. The Morgan fingerprint density at radius 3 is 2.81 bits per heavy atom. The van der Waals surface area contributed by atoms with Gasteiger partial charge in [0.15, 0.2) is 0 Å². The molecule has 0 aromatic heterocycles. The van der Waals surface area contributed by atoms with Crippen molar-refractivity contribution in [3.63, 3.8) is 0 Å². The summed E-state index contributed by atoms with van der Waals surface area (Å²) in [6, 6.07) is 5.83. The lowest BCUT2D eigenvalue weighted by Gasteiger charge is -2.12. The van der Waals surface area contributed by atoms with Gasteiger partial charge in [0.2, 0.25) is 0 Å². The molecule has 0 aliphatic heterocycles. The van der Waals surface area contributed by atoms with E-state index in [4.69, 9.17) is 0 Å². The second kappa shape index (κ2) is 6.30. The zero-order valence-electron chi connectivity index (χ0n) is 9.71. The van der Waals surface area contributed by atoms with Gasteiger partial charge < -0.3 is 5.32 Å². The molecule has 1 aromatic carbocycles. The molecule has 1 atom stereocenters. The number of hydrogen-bond donors (Lipinski definition) is 1. The molecule has 88 valence electrons. The van der Waals surface area contributed by atoms with Gasteiger partial charge in [0, 0.05) is 21.8 Å². The molecule has 4 heteroatoms. The Morgan fingerprint density at radius 2 is 2.25 bits per heavy atom. The van der Waals surface area contributed by atoms with Gasteiger partial charge in [0.25, 0.3) is 5.91 Å². The summed E-state index contributed by atoms with van der Waals surface area (Å²) in [6.07, 6.45) is 2.03. The average molecular weight is 302 g/mol. The molecule has 1 N–H and O–H groups in total. The highest BCUT2D eigenvalue weighted by Crippen LogP contribution is 2.17. The highest BCUT2D eigenvalue weighted by molar-refractivity contribution is 9.10. The minimum absolute atomic E-state index is 0.00264. The summed E-state index contributed by atoms with van der Waals surface area (Å²) < 4.78 is 1.03. The van der Waals surface area contributed by atoms with Gasteiger partial charge in [-0.3, -0.25) is 4.79 Å². The summed E-state index contributed by atoms with van der Waals surface area (Å²) in [5.74, 6) is 0.929. The molecule has 0 saturated heterocycles. The first-order valence-corrected chi connectivity index (χ1v) is 7.29. The van der Waals surface area contributed by atoms with E-state index in [2.05, 4.69) is 21.2 Å².